The highest BCUT2D eigenvalue weighted by Crippen LogP contribution is 2.22. The van der Waals surface area contributed by atoms with Crippen molar-refractivity contribution in [1.29, 1.82) is 0 Å². The third-order valence-corrected chi connectivity index (χ3v) is 3.68. The first-order valence-corrected chi connectivity index (χ1v) is 7.61. The van der Waals surface area contributed by atoms with Crippen LogP contribution in [0.4, 0.5) is 4.79 Å². The third-order valence-electron chi connectivity index (χ3n) is 3.68. The second-order valence-electron chi connectivity index (χ2n) is 6.74. The van der Waals surface area contributed by atoms with Gasteiger partial charge in [0, 0.05) is 25.2 Å². The molecule has 1 heterocycles. The molecule has 1 rings (SSSR count). The van der Waals surface area contributed by atoms with Crippen molar-refractivity contribution in [2.45, 2.75) is 65.1 Å². The maximum atomic E-state index is 12.1. The Morgan fingerprint density at radius 2 is 2.15 bits per heavy atom. The van der Waals surface area contributed by atoms with Crippen LogP contribution in [-0.2, 0) is 4.74 Å². The molecule has 2 unspecified atom stereocenters. The summed E-state index contributed by atoms with van der Waals surface area (Å²) in [5, 5.41) is 12.6. The van der Waals surface area contributed by atoms with E-state index >= 15 is 0 Å². The molecule has 0 aromatic heterocycles. The average molecular weight is 286 g/mol. The number of amides is 1. The number of ether oxygens (including phenoxy) is 1. The van der Waals surface area contributed by atoms with Gasteiger partial charge in [0.15, 0.2) is 0 Å². The monoisotopic (exact) mass is 286 g/mol. The summed E-state index contributed by atoms with van der Waals surface area (Å²) in [7, 11) is 0. The maximum Gasteiger partial charge on any atom is 0.410 e. The smallest absolute Gasteiger partial charge is 0.410 e. The lowest BCUT2D eigenvalue weighted by molar-refractivity contribution is 0.0121. The van der Waals surface area contributed by atoms with Crippen LogP contribution >= 0.6 is 0 Å². The first-order chi connectivity index (χ1) is 9.26. The molecule has 5 heteroatoms. The van der Waals surface area contributed by atoms with E-state index in [-0.39, 0.29) is 18.7 Å². The van der Waals surface area contributed by atoms with Crippen LogP contribution in [0, 0.1) is 5.92 Å². The highest BCUT2D eigenvalue weighted by molar-refractivity contribution is 5.68. The zero-order valence-electron chi connectivity index (χ0n) is 13.5. The fourth-order valence-corrected chi connectivity index (χ4v) is 2.58. The molecular weight excluding hydrogens is 256 g/mol. The molecule has 0 bridgehead atoms. The van der Waals surface area contributed by atoms with Crippen molar-refractivity contribution in [3.05, 3.63) is 0 Å². The van der Waals surface area contributed by atoms with Crippen molar-refractivity contribution in [1.82, 2.24) is 10.2 Å². The number of rotatable bonds is 4. The SMILES string of the molecule is CCC1CN(C(=O)OC(C)(C)C)CCC1N[C@H](C)CO. The van der Waals surface area contributed by atoms with E-state index in [0.29, 0.717) is 18.5 Å². The Hall–Kier alpha value is -0.810. The van der Waals surface area contributed by atoms with E-state index in [1.807, 2.05) is 27.7 Å². The van der Waals surface area contributed by atoms with Crippen LogP contribution in [0.1, 0.15) is 47.5 Å². The van der Waals surface area contributed by atoms with Gasteiger partial charge >= 0.3 is 6.09 Å². The third kappa shape index (κ3) is 5.29. The number of hydrogen-bond donors (Lipinski definition) is 2. The quantitative estimate of drug-likeness (QED) is 0.829. The lowest BCUT2D eigenvalue weighted by Gasteiger charge is -2.40. The lowest BCUT2D eigenvalue weighted by atomic mass is 9.89. The average Bonchev–Trinajstić information content (AvgIpc) is 2.36. The number of aliphatic hydroxyl groups is 1. The van der Waals surface area contributed by atoms with Crippen molar-refractivity contribution in [2.24, 2.45) is 5.92 Å². The minimum Gasteiger partial charge on any atom is -0.444 e. The molecule has 0 aromatic carbocycles. The van der Waals surface area contributed by atoms with Crippen LogP contribution in [-0.4, -0.2) is 53.5 Å². The molecular formula is C15H30N2O3. The number of likely N-dealkylation sites (tertiary alicyclic amines) is 1. The summed E-state index contributed by atoms with van der Waals surface area (Å²) in [6.07, 6.45) is 1.70. The number of nitrogens with zero attached hydrogens (tertiary/aromatic N) is 1. The van der Waals surface area contributed by atoms with Crippen LogP contribution in [0.2, 0.25) is 0 Å². The molecule has 1 saturated heterocycles. The number of nitrogens with one attached hydrogen (secondary N) is 1. The second-order valence-corrected chi connectivity index (χ2v) is 6.74. The van der Waals surface area contributed by atoms with Gasteiger partial charge in [0.2, 0.25) is 0 Å². The molecule has 3 atom stereocenters. The molecule has 1 aliphatic heterocycles. The van der Waals surface area contributed by atoms with Crippen LogP contribution in [0.15, 0.2) is 0 Å². The number of aliphatic hydroxyl groups excluding tert-OH is 1. The van der Waals surface area contributed by atoms with Crippen molar-refractivity contribution >= 4 is 6.09 Å². The molecule has 118 valence electrons. The molecule has 0 spiro atoms. The van der Waals surface area contributed by atoms with E-state index in [2.05, 4.69) is 12.2 Å². The fourth-order valence-electron chi connectivity index (χ4n) is 2.58. The van der Waals surface area contributed by atoms with Gasteiger partial charge in [-0.1, -0.05) is 13.3 Å². The van der Waals surface area contributed by atoms with E-state index in [4.69, 9.17) is 9.84 Å². The van der Waals surface area contributed by atoms with Crippen LogP contribution in [0.25, 0.3) is 0 Å². The van der Waals surface area contributed by atoms with E-state index < -0.39 is 5.60 Å². The lowest BCUT2D eigenvalue weighted by Crippen LogP contribution is -2.54. The first kappa shape index (κ1) is 17.2. The predicted molar refractivity (Wildman–Crippen MR) is 79.7 cm³/mol. The van der Waals surface area contributed by atoms with Crippen molar-refractivity contribution in [3.63, 3.8) is 0 Å². The van der Waals surface area contributed by atoms with Gasteiger partial charge in [-0.25, -0.2) is 4.79 Å². The molecule has 1 amide bonds. The van der Waals surface area contributed by atoms with Gasteiger partial charge in [0.25, 0.3) is 0 Å². The second kappa shape index (κ2) is 7.27. The minimum atomic E-state index is -0.445. The Morgan fingerprint density at radius 3 is 2.65 bits per heavy atom. The Morgan fingerprint density at radius 1 is 1.50 bits per heavy atom. The van der Waals surface area contributed by atoms with Gasteiger partial charge in [0.1, 0.15) is 5.60 Å². The van der Waals surface area contributed by atoms with E-state index in [9.17, 15) is 4.79 Å². The Balaban J connectivity index is 2.56. The maximum absolute atomic E-state index is 12.1. The van der Waals surface area contributed by atoms with E-state index in [1.54, 1.807) is 4.90 Å². The van der Waals surface area contributed by atoms with Crippen molar-refractivity contribution in [3.8, 4) is 0 Å². The van der Waals surface area contributed by atoms with Crippen LogP contribution < -0.4 is 5.32 Å². The summed E-state index contributed by atoms with van der Waals surface area (Å²) in [5.41, 5.74) is -0.445. The summed E-state index contributed by atoms with van der Waals surface area (Å²) in [6.45, 7) is 11.4. The van der Waals surface area contributed by atoms with Gasteiger partial charge in [-0.15, -0.1) is 0 Å². The van der Waals surface area contributed by atoms with Gasteiger partial charge < -0.3 is 20.1 Å². The highest BCUT2D eigenvalue weighted by Gasteiger charge is 2.32. The van der Waals surface area contributed by atoms with Crippen molar-refractivity contribution in [2.75, 3.05) is 19.7 Å². The van der Waals surface area contributed by atoms with E-state index in [0.717, 1.165) is 19.4 Å². The molecule has 1 fully saturated rings. The Labute approximate surface area is 122 Å². The van der Waals surface area contributed by atoms with E-state index in [1.165, 1.54) is 0 Å². The molecule has 0 radical (unpaired) electrons. The number of carbonyl (C=O) groups excluding carboxylic acids is 1. The number of piperidine rings is 1. The normalized spacial score (nSPS) is 25.4. The largest absolute Gasteiger partial charge is 0.444 e. The van der Waals surface area contributed by atoms with Gasteiger partial charge in [-0.05, 0) is 40.0 Å². The standard InChI is InChI=1S/C15H30N2O3/c1-6-12-9-17(14(19)20-15(3,4)5)8-7-13(12)16-11(2)10-18/h11-13,16,18H,6-10H2,1-5H3/t11-,12?,13?/m1/s1. The zero-order chi connectivity index (χ0) is 15.3. The molecule has 20 heavy (non-hydrogen) atoms. The van der Waals surface area contributed by atoms with Gasteiger partial charge in [-0.2, -0.15) is 0 Å². The summed E-state index contributed by atoms with van der Waals surface area (Å²) >= 11 is 0. The Kier molecular flexibility index (Phi) is 6.27. The van der Waals surface area contributed by atoms with Gasteiger partial charge in [0.05, 0.1) is 6.61 Å². The summed E-state index contributed by atoms with van der Waals surface area (Å²) < 4.78 is 5.43. The van der Waals surface area contributed by atoms with Crippen LogP contribution in [0.3, 0.4) is 0 Å². The number of hydrogen-bond acceptors (Lipinski definition) is 4. The molecule has 0 aromatic rings. The first-order valence-electron chi connectivity index (χ1n) is 7.61. The minimum absolute atomic E-state index is 0.0992. The van der Waals surface area contributed by atoms with Gasteiger partial charge in [-0.3, -0.25) is 0 Å². The molecule has 1 aliphatic rings. The van der Waals surface area contributed by atoms with Crippen molar-refractivity contribution < 1.29 is 14.6 Å². The summed E-state index contributed by atoms with van der Waals surface area (Å²) in [5.74, 6) is 0.408. The molecule has 2 N–H and O–H groups in total. The topological polar surface area (TPSA) is 61.8 Å². The molecule has 5 nitrogen and oxygen atoms in total. The number of carbonyl (C=O) groups is 1. The van der Waals surface area contributed by atoms with Crippen LogP contribution in [0.5, 0.6) is 0 Å². The highest BCUT2D eigenvalue weighted by atomic mass is 16.6. The molecule has 0 aliphatic carbocycles. The summed E-state index contributed by atoms with van der Waals surface area (Å²) in [6, 6.07) is 0.461. The predicted octanol–water partition coefficient (Wildman–Crippen LogP) is 1.99. The fraction of sp³-hybridized carbons (Fsp3) is 0.933. The zero-order valence-corrected chi connectivity index (χ0v) is 13.5. The summed E-state index contributed by atoms with van der Waals surface area (Å²) in [4.78, 5) is 13.9. The molecule has 0 saturated carbocycles. The Bertz CT molecular complexity index is 315.